The van der Waals surface area contributed by atoms with Crippen molar-refractivity contribution in [1.29, 1.82) is 0 Å². The van der Waals surface area contributed by atoms with Crippen LogP contribution in [0, 0.1) is 0 Å². The number of nitrogens with one attached hydrogen (secondary N) is 1. The number of para-hydroxylation sites is 1. The Hall–Kier alpha value is -0.550. The van der Waals surface area contributed by atoms with E-state index in [1.165, 1.54) is 0 Å². The minimum absolute atomic E-state index is 0.171. The monoisotopic (exact) mass is 291 g/mol. The maximum Gasteiger partial charge on any atom is 0.232 e. The zero-order chi connectivity index (χ0) is 11.3. The fraction of sp³-hybridized carbons (Fsp3) is 0.400. The summed E-state index contributed by atoms with van der Waals surface area (Å²) in [6.45, 7) is 1.97. The second-order valence-electron chi connectivity index (χ2n) is 3.25. The van der Waals surface area contributed by atoms with E-state index < -0.39 is 10.0 Å². The molecule has 0 atom stereocenters. The molecule has 0 saturated carbocycles. The highest BCUT2D eigenvalue weighted by atomic mass is 79.9. The third-order valence-corrected chi connectivity index (χ3v) is 3.95. The van der Waals surface area contributed by atoms with E-state index in [0.717, 1.165) is 10.9 Å². The molecule has 0 aliphatic rings. The molecule has 3 nitrogen and oxygen atoms in total. The average molecular weight is 292 g/mol. The molecule has 84 valence electrons. The number of anilines is 1. The third-order valence-electron chi connectivity index (χ3n) is 1.91. The second-order valence-corrected chi connectivity index (χ2v) is 5.95. The van der Waals surface area contributed by atoms with Gasteiger partial charge >= 0.3 is 0 Å². The van der Waals surface area contributed by atoms with E-state index in [1.54, 1.807) is 18.2 Å². The summed E-state index contributed by atoms with van der Waals surface area (Å²) < 4.78 is 26.5. The summed E-state index contributed by atoms with van der Waals surface area (Å²) in [5.74, 6) is 0.171. The zero-order valence-electron chi connectivity index (χ0n) is 8.53. The lowest BCUT2D eigenvalue weighted by Gasteiger charge is -2.08. The van der Waals surface area contributed by atoms with Gasteiger partial charge in [-0.25, -0.2) is 8.42 Å². The van der Waals surface area contributed by atoms with Crippen molar-refractivity contribution in [2.75, 3.05) is 10.5 Å². The number of hydrogen-bond donors (Lipinski definition) is 1. The third kappa shape index (κ3) is 4.22. The maximum absolute atomic E-state index is 11.6. The molecule has 0 radical (unpaired) electrons. The van der Waals surface area contributed by atoms with Gasteiger partial charge in [-0.15, -0.1) is 0 Å². The van der Waals surface area contributed by atoms with Crippen LogP contribution < -0.4 is 4.72 Å². The molecule has 0 saturated heterocycles. The predicted molar refractivity (Wildman–Crippen MR) is 66.5 cm³/mol. The van der Waals surface area contributed by atoms with Crippen LogP contribution in [0.25, 0.3) is 0 Å². The van der Waals surface area contributed by atoms with Gasteiger partial charge in [0, 0.05) is 4.47 Å². The number of hydrogen-bond acceptors (Lipinski definition) is 2. The quantitative estimate of drug-likeness (QED) is 0.906. The van der Waals surface area contributed by atoms with E-state index in [9.17, 15) is 8.42 Å². The molecule has 0 heterocycles. The van der Waals surface area contributed by atoms with E-state index in [0.29, 0.717) is 12.1 Å². The molecule has 0 aromatic heterocycles. The van der Waals surface area contributed by atoms with Crippen LogP contribution in [-0.4, -0.2) is 14.2 Å². The first-order valence-electron chi connectivity index (χ1n) is 4.80. The Morgan fingerprint density at radius 3 is 2.60 bits per heavy atom. The minimum Gasteiger partial charge on any atom is -0.282 e. The van der Waals surface area contributed by atoms with Gasteiger partial charge in [0.1, 0.15) is 0 Å². The van der Waals surface area contributed by atoms with Crippen LogP contribution in [0.1, 0.15) is 19.8 Å². The van der Waals surface area contributed by atoms with Crippen LogP contribution in [0.2, 0.25) is 0 Å². The number of unbranched alkanes of at least 4 members (excludes halogenated alkanes) is 1. The topological polar surface area (TPSA) is 46.2 Å². The Morgan fingerprint density at radius 2 is 2.00 bits per heavy atom. The van der Waals surface area contributed by atoms with Crippen molar-refractivity contribution in [1.82, 2.24) is 0 Å². The molecule has 0 spiro atoms. The number of rotatable bonds is 5. The number of sulfonamides is 1. The maximum atomic E-state index is 11.6. The van der Waals surface area contributed by atoms with Gasteiger partial charge in [-0.05, 0) is 34.5 Å². The Kier molecular flexibility index (Phi) is 4.60. The molecule has 1 N–H and O–H groups in total. The number of halogens is 1. The lowest BCUT2D eigenvalue weighted by Crippen LogP contribution is -2.16. The smallest absolute Gasteiger partial charge is 0.232 e. The fourth-order valence-corrected chi connectivity index (χ4v) is 2.90. The van der Waals surface area contributed by atoms with Crippen LogP contribution in [0.3, 0.4) is 0 Å². The average Bonchev–Trinajstić information content (AvgIpc) is 2.18. The Labute approximate surface area is 99.1 Å². The first kappa shape index (κ1) is 12.5. The van der Waals surface area contributed by atoms with Crippen molar-refractivity contribution in [3.8, 4) is 0 Å². The molecule has 1 aromatic carbocycles. The summed E-state index contributed by atoms with van der Waals surface area (Å²) in [4.78, 5) is 0. The van der Waals surface area contributed by atoms with Crippen LogP contribution in [0.4, 0.5) is 5.69 Å². The van der Waals surface area contributed by atoms with Crippen LogP contribution in [0.15, 0.2) is 28.7 Å². The Morgan fingerprint density at radius 1 is 1.33 bits per heavy atom. The van der Waals surface area contributed by atoms with E-state index >= 15 is 0 Å². The summed E-state index contributed by atoms with van der Waals surface area (Å²) in [5, 5.41) is 0. The highest BCUT2D eigenvalue weighted by Crippen LogP contribution is 2.22. The van der Waals surface area contributed by atoms with Crippen molar-refractivity contribution in [3.05, 3.63) is 28.7 Å². The van der Waals surface area contributed by atoms with Crippen molar-refractivity contribution >= 4 is 31.6 Å². The van der Waals surface area contributed by atoms with Gasteiger partial charge in [0.05, 0.1) is 11.4 Å². The van der Waals surface area contributed by atoms with Crippen molar-refractivity contribution in [3.63, 3.8) is 0 Å². The Balaban J connectivity index is 2.74. The summed E-state index contributed by atoms with van der Waals surface area (Å²) >= 11 is 3.29. The van der Waals surface area contributed by atoms with Gasteiger partial charge in [0.25, 0.3) is 0 Å². The molecular formula is C10H14BrNO2S. The van der Waals surface area contributed by atoms with Gasteiger partial charge in [-0.1, -0.05) is 25.5 Å². The minimum atomic E-state index is -3.20. The summed E-state index contributed by atoms with van der Waals surface area (Å²) in [6, 6.07) is 7.17. The summed E-state index contributed by atoms with van der Waals surface area (Å²) in [7, 11) is -3.20. The van der Waals surface area contributed by atoms with E-state index in [2.05, 4.69) is 20.7 Å². The van der Waals surface area contributed by atoms with Gasteiger partial charge in [0.2, 0.25) is 10.0 Å². The highest BCUT2D eigenvalue weighted by Gasteiger charge is 2.10. The van der Waals surface area contributed by atoms with Gasteiger partial charge < -0.3 is 0 Å². The second kappa shape index (κ2) is 5.51. The summed E-state index contributed by atoms with van der Waals surface area (Å²) in [5.41, 5.74) is 0.591. The SMILES string of the molecule is CCCCS(=O)(=O)Nc1ccccc1Br. The molecule has 0 aliphatic carbocycles. The molecule has 15 heavy (non-hydrogen) atoms. The van der Waals surface area contributed by atoms with Gasteiger partial charge in [-0.3, -0.25) is 4.72 Å². The van der Waals surface area contributed by atoms with E-state index in [-0.39, 0.29) is 5.75 Å². The molecule has 0 unspecified atom stereocenters. The van der Waals surface area contributed by atoms with Crippen molar-refractivity contribution in [2.45, 2.75) is 19.8 Å². The fourth-order valence-electron chi connectivity index (χ4n) is 1.10. The van der Waals surface area contributed by atoms with E-state index in [4.69, 9.17) is 0 Å². The lowest BCUT2D eigenvalue weighted by molar-refractivity contribution is 0.598. The largest absolute Gasteiger partial charge is 0.282 e. The molecular weight excluding hydrogens is 278 g/mol. The molecule has 0 amide bonds. The van der Waals surface area contributed by atoms with Gasteiger partial charge in [-0.2, -0.15) is 0 Å². The molecule has 0 aliphatic heterocycles. The zero-order valence-corrected chi connectivity index (χ0v) is 10.9. The predicted octanol–water partition coefficient (Wildman–Crippen LogP) is 2.99. The molecule has 0 bridgehead atoms. The van der Waals surface area contributed by atoms with Gasteiger partial charge in [0.15, 0.2) is 0 Å². The van der Waals surface area contributed by atoms with Crippen LogP contribution >= 0.6 is 15.9 Å². The molecule has 0 fully saturated rings. The highest BCUT2D eigenvalue weighted by molar-refractivity contribution is 9.10. The number of benzene rings is 1. The first-order valence-corrected chi connectivity index (χ1v) is 7.24. The first-order chi connectivity index (χ1) is 7.05. The molecule has 1 aromatic rings. The lowest BCUT2D eigenvalue weighted by atomic mass is 10.3. The Bertz CT molecular complexity index is 417. The molecule has 1 rings (SSSR count). The standard InChI is InChI=1S/C10H14BrNO2S/c1-2-3-8-15(13,14)12-10-7-5-4-6-9(10)11/h4-7,12H,2-3,8H2,1H3. The van der Waals surface area contributed by atoms with Crippen LogP contribution in [0.5, 0.6) is 0 Å². The normalized spacial score (nSPS) is 11.3. The van der Waals surface area contributed by atoms with Crippen molar-refractivity contribution in [2.24, 2.45) is 0 Å². The summed E-state index contributed by atoms with van der Waals surface area (Å²) in [6.07, 6.45) is 1.55. The van der Waals surface area contributed by atoms with E-state index in [1.807, 2.05) is 13.0 Å². The molecule has 5 heteroatoms. The van der Waals surface area contributed by atoms with Crippen molar-refractivity contribution < 1.29 is 8.42 Å². The van der Waals surface area contributed by atoms with Crippen LogP contribution in [-0.2, 0) is 10.0 Å².